The molecule has 20 heavy (non-hydrogen) atoms. The van der Waals surface area contributed by atoms with Gasteiger partial charge in [-0.1, -0.05) is 30.3 Å². The summed E-state index contributed by atoms with van der Waals surface area (Å²) in [5.74, 6) is 1.60. The van der Waals surface area contributed by atoms with Crippen molar-refractivity contribution < 1.29 is 4.74 Å². The van der Waals surface area contributed by atoms with Gasteiger partial charge in [0.15, 0.2) is 0 Å². The lowest BCUT2D eigenvalue weighted by atomic mass is 10.2. The van der Waals surface area contributed by atoms with Crippen LogP contribution in [0.4, 0.5) is 11.5 Å². The first-order valence-electron chi connectivity index (χ1n) is 6.54. The van der Waals surface area contributed by atoms with Gasteiger partial charge in [-0.2, -0.15) is 0 Å². The molecule has 0 radical (unpaired) electrons. The summed E-state index contributed by atoms with van der Waals surface area (Å²) < 4.78 is 5.37. The zero-order chi connectivity index (χ0) is 13.9. The maximum absolute atomic E-state index is 5.37. The Morgan fingerprint density at radius 2 is 1.80 bits per heavy atom. The summed E-state index contributed by atoms with van der Waals surface area (Å²) in [6, 6.07) is 18.1. The van der Waals surface area contributed by atoms with Crippen LogP contribution in [0.15, 0.2) is 54.6 Å². The zero-order valence-corrected chi connectivity index (χ0v) is 11.6. The monoisotopic (exact) mass is 264 g/mol. The van der Waals surface area contributed by atoms with E-state index in [1.54, 1.807) is 7.11 Å². The summed E-state index contributed by atoms with van der Waals surface area (Å²) >= 11 is 0. The van der Waals surface area contributed by atoms with Gasteiger partial charge in [0.2, 0.25) is 0 Å². The van der Waals surface area contributed by atoms with E-state index in [2.05, 4.69) is 23.3 Å². The van der Waals surface area contributed by atoms with Crippen molar-refractivity contribution in [1.82, 2.24) is 4.98 Å². The minimum Gasteiger partial charge on any atom is -0.494 e. The SMILES string of the molecule is COc1cccc2ccc(Nc3ccccc3C)nc12. The minimum absolute atomic E-state index is 0.788. The van der Waals surface area contributed by atoms with Crippen LogP contribution in [-0.4, -0.2) is 12.1 Å². The molecule has 0 bridgehead atoms. The Balaban J connectivity index is 2.03. The largest absolute Gasteiger partial charge is 0.494 e. The van der Waals surface area contributed by atoms with Gasteiger partial charge in [0.1, 0.15) is 17.1 Å². The first kappa shape index (κ1) is 12.5. The van der Waals surface area contributed by atoms with Crippen LogP contribution in [0.5, 0.6) is 5.75 Å². The zero-order valence-electron chi connectivity index (χ0n) is 11.6. The van der Waals surface area contributed by atoms with Crippen LogP contribution < -0.4 is 10.1 Å². The molecule has 0 atom stereocenters. The van der Waals surface area contributed by atoms with Gasteiger partial charge in [-0.25, -0.2) is 4.98 Å². The number of hydrogen-bond acceptors (Lipinski definition) is 3. The van der Waals surface area contributed by atoms with Crippen LogP contribution in [0.25, 0.3) is 10.9 Å². The van der Waals surface area contributed by atoms with E-state index in [0.29, 0.717) is 0 Å². The van der Waals surface area contributed by atoms with E-state index in [1.165, 1.54) is 5.56 Å². The molecule has 0 unspecified atom stereocenters. The van der Waals surface area contributed by atoms with E-state index in [0.717, 1.165) is 28.2 Å². The highest BCUT2D eigenvalue weighted by Crippen LogP contribution is 2.26. The van der Waals surface area contributed by atoms with Crippen molar-refractivity contribution in [3.05, 3.63) is 60.2 Å². The quantitative estimate of drug-likeness (QED) is 0.766. The second-order valence-corrected chi connectivity index (χ2v) is 4.67. The second-order valence-electron chi connectivity index (χ2n) is 4.67. The number of nitrogens with zero attached hydrogens (tertiary/aromatic N) is 1. The lowest BCUT2D eigenvalue weighted by Gasteiger charge is -2.10. The van der Waals surface area contributed by atoms with Gasteiger partial charge in [-0.15, -0.1) is 0 Å². The third-order valence-electron chi connectivity index (χ3n) is 3.31. The van der Waals surface area contributed by atoms with Crippen LogP contribution in [0.2, 0.25) is 0 Å². The highest BCUT2D eigenvalue weighted by molar-refractivity contribution is 5.86. The van der Waals surface area contributed by atoms with Gasteiger partial charge in [0, 0.05) is 11.1 Å². The molecule has 3 heteroatoms. The summed E-state index contributed by atoms with van der Waals surface area (Å²) in [5, 5.41) is 4.42. The van der Waals surface area contributed by atoms with Crippen molar-refractivity contribution >= 4 is 22.4 Å². The fourth-order valence-corrected chi connectivity index (χ4v) is 2.21. The summed E-state index contributed by atoms with van der Waals surface area (Å²) in [6.45, 7) is 2.07. The van der Waals surface area contributed by atoms with E-state index in [-0.39, 0.29) is 0 Å². The van der Waals surface area contributed by atoms with Crippen molar-refractivity contribution in [2.24, 2.45) is 0 Å². The van der Waals surface area contributed by atoms with E-state index in [9.17, 15) is 0 Å². The number of anilines is 2. The summed E-state index contributed by atoms with van der Waals surface area (Å²) in [4.78, 5) is 4.65. The number of benzene rings is 2. The second kappa shape index (κ2) is 5.21. The van der Waals surface area contributed by atoms with Gasteiger partial charge in [-0.3, -0.25) is 0 Å². The number of nitrogens with one attached hydrogen (secondary N) is 1. The van der Waals surface area contributed by atoms with Crippen LogP contribution in [0.1, 0.15) is 5.56 Å². The molecular weight excluding hydrogens is 248 g/mol. The Morgan fingerprint density at radius 1 is 0.950 bits per heavy atom. The molecule has 1 aromatic heterocycles. The van der Waals surface area contributed by atoms with Gasteiger partial charge in [0.05, 0.1) is 7.11 Å². The Labute approximate surface area is 118 Å². The highest BCUT2D eigenvalue weighted by atomic mass is 16.5. The number of aromatic nitrogens is 1. The summed E-state index contributed by atoms with van der Waals surface area (Å²) in [6.07, 6.45) is 0. The molecule has 0 fully saturated rings. The first-order chi connectivity index (χ1) is 9.78. The highest BCUT2D eigenvalue weighted by Gasteiger charge is 2.05. The number of methoxy groups -OCH3 is 1. The number of rotatable bonds is 3. The fourth-order valence-electron chi connectivity index (χ4n) is 2.21. The van der Waals surface area contributed by atoms with Crippen LogP contribution in [0.3, 0.4) is 0 Å². The number of fused-ring (bicyclic) bond motifs is 1. The molecule has 2 aromatic carbocycles. The van der Waals surface area contributed by atoms with Gasteiger partial charge in [-0.05, 0) is 36.8 Å². The molecule has 0 saturated heterocycles. The molecule has 3 rings (SSSR count). The van der Waals surface area contributed by atoms with Crippen molar-refractivity contribution in [3.8, 4) is 5.75 Å². The Hall–Kier alpha value is -2.55. The topological polar surface area (TPSA) is 34.1 Å². The van der Waals surface area contributed by atoms with Gasteiger partial charge < -0.3 is 10.1 Å². The average molecular weight is 264 g/mol. The molecule has 0 aliphatic carbocycles. The van der Waals surface area contributed by atoms with Crippen LogP contribution in [0, 0.1) is 6.92 Å². The minimum atomic E-state index is 0.788. The normalized spacial score (nSPS) is 10.5. The number of pyridine rings is 1. The third kappa shape index (κ3) is 2.30. The number of para-hydroxylation sites is 2. The van der Waals surface area contributed by atoms with Crippen LogP contribution in [-0.2, 0) is 0 Å². The molecule has 1 heterocycles. The average Bonchev–Trinajstić information content (AvgIpc) is 2.49. The Bertz CT molecular complexity index is 753. The number of aryl methyl sites for hydroxylation is 1. The fraction of sp³-hybridized carbons (Fsp3) is 0.118. The molecule has 0 aliphatic heterocycles. The van der Waals surface area contributed by atoms with E-state index >= 15 is 0 Å². The number of ether oxygens (including phenoxy) is 1. The summed E-state index contributed by atoms with van der Waals surface area (Å²) in [5.41, 5.74) is 3.12. The first-order valence-corrected chi connectivity index (χ1v) is 6.54. The smallest absolute Gasteiger partial charge is 0.145 e. The predicted molar refractivity (Wildman–Crippen MR) is 82.8 cm³/mol. The lowest BCUT2D eigenvalue weighted by molar-refractivity contribution is 0.419. The maximum Gasteiger partial charge on any atom is 0.145 e. The molecule has 3 nitrogen and oxygen atoms in total. The Kier molecular flexibility index (Phi) is 3.25. The van der Waals surface area contributed by atoms with Crippen LogP contribution >= 0.6 is 0 Å². The number of hydrogen-bond donors (Lipinski definition) is 1. The van der Waals surface area contributed by atoms with E-state index in [1.807, 2.05) is 48.5 Å². The predicted octanol–water partition coefficient (Wildman–Crippen LogP) is 4.30. The van der Waals surface area contributed by atoms with E-state index in [4.69, 9.17) is 4.74 Å². The van der Waals surface area contributed by atoms with Crippen molar-refractivity contribution in [1.29, 1.82) is 0 Å². The lowest BCUT2D eigenvalue weighted by Crippen LogP contribution is -1.96. The van der Waals surface area contributed by atoms with Crippen molar-refractivity contribution in [2.75, 3.05) is 12.4 Å². The molecule has 0 spiro atoms. The van der Waals surface area contributed by atoms with Crippen molar-refractivity contribution in [2.45, 2.75) is 6.92 Å². The standard InChI is InChI=1S/C17H16N2O/c1-12-6-3-4-8-14(12)18-16-11-10-13-7-5-9-15(20-2)17(13)19-16/h3-11H,1-2H3,(H,18,19). The molecule has 0 aliphatic rings. The molecule has 100 valence electrons. The molecule has 3 aromatic rings. The molecule has 0 amide bonds. The molecule has 0 saturated carbocycles. The Morgan fingerprint density at radius 3 is 2.60 bits per heavy atom. The third-order valence-corrected chi connectivity index (χ3v) is 3.31. The molecule has 1 N–H and O–H groups in total. The van der Waals surface area contributed by atoms with E-state index < -0.39 is 0 Å². The molecular formula is C17H16N2O. The van der Waals surface area contributed by atoms with Gasteiger partial charge in [0.25, 0.3) is 0 Å². The summed E-state index contributed by atoms with van der Waals surface area (Å²) in [7, 11) is 1.66. The van der Waals surface area contributed by atoms with Gasteiger partial charge >= 0.3 is 0 Å². The maximum atomic E-state index is 5.37. The van der Waals surface area contributed by atoms with Crippen molar-refractivity contribution in [3.63, 3.8) is 0 Å².